The summed E-state index contributed by atoms with van der Waals surface area (Å²) in [6.45, 7) is 4.89. The molecule has 0 fully saturated rings. The highest BCUT2D eigenvalue weighted by atomic mass is 16.3. The Morgan fingerprint density at radius 3 is 2.08 bits per heavy atom. The second-order valence-corrected chi connectivity index (χ2v) is 3.86. The van der Waals surface area contributed by atoms with Crippen molar-refractivity contribution in [3.63, 3.8) is 0 Å². The van der Waals surface area contributed by atoms with Crippen molar-refractivity contribution >= 4 is 0 Å². The maximum Gasteiger partial charge on any atom is 0.0436 e. The van der Waals surface area contributed by atoms with Gasteiger partial charge in [-0.15, -0.1) is 0 Å². The second-order valence-electron chi connectivity index (χ2n) is 3.86. The van der Waals surface area contributed by atoms with E-state index in [0.717, 1.165) is 32.1 Å². The van der Waals surface area contributed by atoms with Crippen LogP contribution in [0, 0.1) is 5.41 Å². The van der Waals surface area contributed by atoms with Gasteiger partial charge in [0.25, 0.3) is 0 Å². The Kier molecular flexibility index (Phi) is 6.39. The number of hydrogen-bond donors (Lipinski definition) is 2. The van der Waals surface area contributed by atoms with E-state index < -0.39 is 0 Å². The van der Waals surface area contributed by atoms with Gasteiger partial charge in [0.1, 0.15) is 0 Å². The third kappa shape index (κ3) is 4.73. The minimum Gasteiger partial charge on any atom is -0.396 e. The lowest BCUT2D eigenvalue weighted by atomic mass is 9.78. The lowest BCUT2D eigenvalue weighted by Crippen LogP contribution is -2.18. The molecule has 0 radical (unpaired) electrons. The molecule has 0 rings (SSSR count). The Hall–Kier alpha value is -0.0800. The quantitative estimate of drug-likeness (QED) is 0.619. The lowest BCUT2D eigenvalue weighted by molar-refractivity contribution is 0.158. The van der Waals surface area contributed by atoms with Crippen molar-refractivity contribution in [1.82, 2.24) is 0 Å². The molecule has 0 bridgehead atoms. The predicted molar refractivity (Wildman–Crippen MR) is 51.0 cm³/mol. The Bertz CT molecular complexity index is 96.0. The molecular formula is C10H22O2. The summed E-state index contributed by atoms with van der Waals surface area (Å²) in [6.07, 6.45) is 5.05. The fraction of sp³-hybridized carbons (Fsp3) is 1.00. The lowest BCUT2D eigenvalue weighted by Gasteiger charge is -2.28. The van der Waals surface area contributed by atoms with E-state index >= 15 is 0 Å². The van der Waals surface area contributed by atoms with Gasteiger partial charge in [-0.1, -0.05) is 20.3 Å². The van der Waals surface area contributed by atoms with Gasteiger partial charge in [0.05, 0.1) is 0 Å². The first-order chi connectivity index (χ1) is 5.68. The second kappa shape index (κ2) is 6.44. The van der Waals surface area contributed by atoms with Gasteiger partial charge in [-0.25, -0.2) is 0 Å². The van der Waals surface area contributed by atoms with Crippen molar-refractivity contribution < 1.29 is 10.2 Å². The van der Waals surface area contributed by atoms with E-state index in [9.17, 15) is 0 Å². The van der Waals surface area contributed by atoms with Crippen molar-refractivity contribution in [3.05, 3.63) is 0 Å². The average molecular weight is 174 g/mol. The van der Waals surface area contributed by atoms with E-state index in [0.29, 0.717) is 0 Å². The van der Waals surface area contributed by atoms with Crippen LogP contribution in [-0.2, 0) is 0 Å². The minimum absolute atomic E-state index is 0.242. The molecule has 0 aromatic carbocycles. The molecule has 1 atom stereocenters. The van der Waals surface area contributed by atoms with Crippen LogP contribution in [0.15, 0.2) is 0 Å². The first-order valence-corrected chi connectivity index (χ1v) is 4.90. The molecule has 2 heteroatoms. The molecule has 12 heavy (non-hydrogen) atoms. The van der Waals surface area contributed by atoms with Crippen LogP contribution in [0.3, 0.4) is 0 Å². The van der Waals surface area contributed by atoms with Gasteiger partial charge < -0.3 is 10.2 Å². The Balaban J connectivity index is 3.80. The third-order valence-electron chi connectivity index (χ3n) is 2.51. The summed E-state index contributed by atoms with van der Waals surface area (Å²) < 4.78 is 0. The molecule has 0 amide bonds. The van der Waals surface area contributed by atoms with Crippen LogP contribution in [0.5, 0.6) is 0 Å². The predicted octanol–water partition coefficient (Wildman–Crippen LogP) is 1.95. The monoisotopic (exact) mass is 174 g/mol. The molecule has 0 aromatic rings. The zero-order chi connectivity index (χ0) is 9.45. The maximum atomic E-state index is 8.87. The Morgan fingerprint density at radius 1 is 1.00 bits per heavy atom. The summed E-state index contributed by atoms with van der Waals surface area (Å²) in [5, 5.41) is 17.6. The van der Waals surface area contributed by atoms with Gasteiger partial charge >= 0.3 is 0 Å². The van der Waals surface area contributed by atoms with E-state index in [1.807, 2.05) is 0 Å². The van der Waals surface area contributed by atoms with Crippen LogP contribution in [-0.4, -0.2) is 23.4 Å². The molecule has 0 aliphatic heterocycles. The van der Waals surface area contributed by atoms with Crippen molar-refractivity contribution in [2.45, 2.75) is 46.0 Å². The van der Waals surface area contributed by atoms with Crippen molar-refractivity contribution in [1.29, 1.82) is 0 Å². The Morgan fingerprint density at radius 2 is 1.67 bits per heavy atom. The number of rotatable bonds is 7. The van der Waals surface area contributed by atoms with E-state index in [1.54, 1.807) is 0 Å². The average Bonchev–Trinajstić information content (AvgIpc) is 2.02. The molecule has 0 heterocycles. The molecule has 2 nitrogen and oxygen atoms in total. The third-order valence-corrected chi connectivity index (χ3v) is 2.51. The molecule has 74 valence electrons. The van der Waals surface area contributed by atoms with Crippen LogP contribution in [0.25, 0.3) is 0 Å². The van der Waals surface area contributed by atoms with Gasteiger partial charge in [-0.3, -0.25) is 0 Å². The van der Waals surface area contributed by atoms with E-state index in [4.69, 9.17) is 10.2 Å². The first kappa shape index (κ1) is 11.9. The zero-order valence-corrected chi connectivity index (χ0v) is 8.34. The normalized spacial score (nSPS) is 16.0. The highest BCUT2D eigenvalue weighted by Crippen LogP contribution is 2.32. The molecule has 0 spiro atoms. The summed E-state index contributed by atoms with van der Waals surface area (Å²) >= 11 is 0. The van der Waals surface area contributed by atoms with Gasteiger partial charge in [-0.05, 0) is 31.1 Å². The van der Waals surface area contributed by atoms with Gasteiger partial charge in [0.2, 0.25) is 0 Å². The topological polar surface area (TPSA) is 40.5 Å². The van der Waals surface area contributed by atoms with Gasteiger partial charge in [0, 0.05) is 13.2 Å². The highest BCUT2D eigenvalue weighted by molar-refractivity contribution is 4.73. The van der Waals surface area contributed by atoms with Gasteiger partial charge in [0.15, 0.2) is 0 Å². The summed E-state index contributed by atoms with van der Waals surface area (Å²) in [5.74, 6) is 0. The van der Waals surface area contributed by atoms with E-state index in [2.05, 4.69) is 13.8 Å². The van der Waals surface area contributed by atoms with Crippen molar-refractivity contribution in [2.24, 2.45) is 5.41 Å². The minimum atomic E-state index is 0.242. The molecule has 2 N–H and O–H groups in total. The number of aliphatic hydroxyl groups is 2. The number of hydrogen-bond acceptors (Lipinski definition) is 2. The van der Waals surface area contributed by atoms with Crippen molar-refractivity contribution in [2.75, 3.05) is 13.2 Å². The van der Waals surface area contributed by atoms with Crippen LogP contribution in [0.2, 0.25) is 0 Å². The largest absolute Gasteiger partial charge is 0.396 e. The molecule has 0 aromatic heterocycles. The SMILES string of the molecule is CCCC(C)(CCO)CCCO. The molecular weight excluding hydrogens is 152 g/mol. The molecule has 1 unspecified atom stereocenters. The maximum absolute atomic E-state index is 8.87. The summed E-state index contributed by atoms with van der Waals surface area (Å²) in [6, 6.07) is 0. The Labute approximate surface area is 75.6 Å². The smallest absolute Gasteiger partial charge is 0.0436 e. The van der Waals surface area contributed by atoms with Crippen LogP contribution < -0.4 is 0 Å². The van der Waals surface area contributed by atoms with E-state index in [1.165, 1.54) is 0 Å². The summed E-state index contributed by atoms with van der Waals surface area (Å²) in [4.78, 5) is 0. The highest BCUT2D eigenvalue weighted by Gasteiger charge is 2.21. The molecule has 0 saturated carbocycles. The summed E-state index contributed by atoms with van der Waals surface area (Å²) in [5.41, 5.74) is 0.242. The fourth-order valence-electron chi connectivity index (χ4n) is 1.75. The van der Waals surface area contributed by atoms with Crippen LogP contribution in [0.1, 0.15) is 46.0 Å². The van der Waals surface area contributed by atoms with Gasteiger partial charge in [-0.2, -0.15) is 0 Å². The molecule has 0 aliphatic carbocycles. The number of aliphatic hydroxyl groups excluding tert-OH is 2. The zero-order valence-electron chi connectivity index (χ0n) is 8.34. The van der Waals surface area contributed by atoms with Crippen LogP contribution in [0.4, 0.5) is 0 Å². The first-order valence-electron chi connectivity index (χ1n) is 4.90. The standard InChI is InChI=1S/C10H22O2/c1-3-5-10(2,7-9-12)6-4-8-11/h11-12H,3-9H2,1-2H3. The molecule has 0 aliphatic rings. The summed E-state index contributed by atoms with van der Waals surface area (Å²) in [7, 11) is 0. The molecule has 0 saturated heterocycles. The van der Waals surface area contributed by atoms with Crippen molar-refractivity contribution in [3.8, 4) is 0 Å². The fourth-order valence-corrected chi connectivity index (χ4v) is 1.75. The van der Waals surface area contributed by atoms with E-state index in [-0.39, 0.29) is 18.6 Å². The van der Waals surface area contributed by atoms with Crippen LogP contribution >= 0.6 is 0 Å².